The molecular formula is C14H16BrN3. The van der Waals surface area contributed by atoms with Crippen molar-refractivity contribution in [1.29, 1.82) is 0 Å². The van der Waals surface area contributed by atoms with Crippen molar-refractivity contribution in [1.82, 2.24) is 9.97 Å². The zero-order valence-electron chi connectivity index (χ0n) is 10.8. The normalized spacial score (nSPS) is 10.4. The standard InChI is InChI=1S/C14H16BrN3/c1-9-6-10(2)14(13(15)7-9)17-8-12-4-5-16-11(3)18-12/h4-7,17H,8H2,1-3H3. The monoisotopic (exact) mass is 305 g/mol. The maximum Gasteiger partial charge on any atom is 0.125 e. The Balaban J connectivity index is 2.16. The molecule has 0 atom stereocenters. The van der Waals surface area contributed by atoms with E-state index in [9.17, 15) is 0 Å². The van der Waals surface area contributed by atoms with Crippen LogP contribution < -0.4 is 5.32 Å². The second-order valence-corrected chi connectivity index (χ2v) is 5.24. The molecule has 1 heterocycles. The molecule has 0 unspecified atom stereocenters. The minimum atomic E-state index is 0.700. The van der Waals surface area contributed by atoms with E-state index in [0.29, 0.717) is 6.54 Å². The molecule has 0 bridgehead atoms. The largest absolute Gasteiger partial charge is 0.378 e. The van der Waals surface area contributed by atoms with E-state index in [-0.39, 0.29) is 0 Å². The summed E-state index contributed by atoms with van der Waals surface area (Å²) in [5, 5.41) is 3.41. The van der Waals surface area contributed by atoms with Gasteiger partial charge in [0.25, 0.3) is 0 Å². The first-order valence-electron chi connectivity index (χ1n) is 5.85. The quantitative estimate of drug-likeness (QED) is 0.938. The van der Waals surface area contributed by atoms with Gasteiger partial charge in [0.15, 0.2) is 0 Å². The second kappa shape index (κ2) is 5.48. The minimum Gasteiger partial charge on any atom is -0.378 e. The van der Waals surface area contributed by atoms with Crippen LogP contribution in [0.5, 0.6) is 0 Å². The van der Waals surface area contributed by atoms with Gasteiger partial charge in [0.05, 0.1) is 17.9 Å². The summed E-state index contributed by atoms with van der Waals surface area (Å²) in [5.41, 5.74) is 4.60. The van der Waals surface area contributed by atoms with Gasteiger partial charge in [-0.1, -0.05) is 6.07 Å². The summed E-state index contributed by atoms with van der Waals surface area (Å²) in [6.07, 6.45) is 1.79. The molecule has 0 radical (unpaired) electrons. The number of aromatic nitrogens is 2. The Morgan fingerprint density at radius 3 is 2.67 bits per heavy atom. The highest BCUT2D eigenvalue weighted by atomic mass is 79.9. The summed E-state index contributed by atoms with van der Waals surface area (Å²) in [6, 6.07) is 6.20. The van der Waals surface area contributed by atoms with Crippen LogP contribution in [0.4, 0.5) is 5.69 Å². The predicted molar refractivity (Wildman–Crippen MR) is 77.7 cm³/mol. The number of benzene rings is 1. The topological polar surface area (TPSA) is 37.8 Å². The van der Waals surface area contributed by atoms with Crippen molar-refractivity contribution in [2.75, 3.05) is 5.32 Å². The second-order valence-electron chi connectivity index (χ2n) is 4.39. The first-order chi connectivity index (χ1) is 8.56. The van der Waals surface area contributed by atoms with E-state index in [1.54, 1.807) is 6.20 Å². The summed E-state index contributed by atoms with van der Waals surface area (Å²) in [4.78, 5) is 8.47. The number of rotatable bonds is 3. The van der Waals surface area contributed by atoms with Crippen LogP contribution in [-0.4, -0.2) is 9.97 Å². The van der Waals surface area contributed by atoms with Crippen molar-refractivity contribution in [3.05, 3.63) is 51.5 Å². The lowest BCUT2D eigenvalue weighted by atomic mass is 10.1. The summed E-state index contributed by atoms with van der Waals surface area (Å²) < 4.78 is 1.09. The van der Waals surface area contributed by atoms with E-state index in [2.05, 4.69) is 57.2 Å². The third kappa shape index (κ3) is 3.07. The lowest BCUT2D eigenvalue weighted by Gasteiger charge is -2.12. The first-order valence-corrected chi connectivity index (χ1v) is 6.64. The van der Waals surface area contributed by atoms with Gasteiger partial charge >= 0.3 is 0 Å². The molecule has 3 nitrogen and oxygen atoms in total. The summed E-state index contributed by atoms with van der Waals surface area (Å²) in [6.45, 7) is 6.79. The van der Waals surface area contributed by atoms with Crippen LogP contribution in [0.3, 0.4) is 0 Å². The van der Waals surface area contributed by atoms with Gasteiger partial charge < -0.3 is 5.32 Å². The molecule has 0 aliphatic carbocycles. The van der Waals surface area contributed by atoms with Crippen LogP contribution in [0.15, 0.2) is 28.9 Å². The maximum absolute atomic E-state index is 4.38. The van der Waals surface area contributed by atoms with Gasteiger partial charge in [-0.2, -0.15) is 0 Å². The van der Waals surface area contributed by atoms with E-state index in [4.69, 9.17) is 0 Å². The highest BCUT2D eigenvalue weighted by molar-refractivity contribution is 9.10. The maximum atomic E-state index is 4.38. The molecule has 0 saturated carbocycles. The molecule has 1 N–H and O–H groups in total. The third-order valence-corrected chi connectivity index (χ3v) is 3.34. The summed E-state index contributed by atoms with van der Waals surface area (Å²) in [7, 11) is 0. The number of aryl methyl sites for hydroxylation is 3. The van der Waals surface area contributed by atoms with Crippen molar-refractivity contribution in [3.8, 4) is 0 Å². The molecule has 0 aliphatic heterocycles. The van der Waals surface area contributed by atoms with E-state index in [0.717, 1.165) is 21.7 Å². The van der Waals surface area contributed by atoms with Gasteiger partial charge in [0.1, 0.15) is 5.82 Å². The van der Waals surface area contributed by atoms with Crippen LogP contribution in [0.1, 0.15) is 22.6 Å². The molecule has 94 valence electrons. The lowest BCUT2D eigenvalue weighted by Crippen LogP contribution is -2.05. The van der Waals surface area contributed by atoms with Crippen molar-refractivity contribution < 1.29 is 0 Å². The Labute approximate surface area is 116 Å². The lowest BCUT2D eigenvalue weighted by molar-refractivity contribution is 0.953. The van der Waals surface area contributed by atoms with E-state index >= 15 is 0 Å². The van der Waals surface area contributed by atoms with Gasteiger partial charge in [0, 0.05) is 10.7 Å². The average molecular weight is 306 g/mol. The van der Waals surface area contributed by atoms with E-state index in [1.165, 1.54) is 11.1 Å². The van der Waals surface area contributed by atoms with Crippen LogP contribution in [0.2, 0.25) is 0 Å². The van der Waals surface area contributed by atoms with Crippen molar-refractivity contribution >= 4 is 21.6 Å². The number of nitrogens with zero attached hydrogens (tertiary/aromatic N) is 2. The van der Waals surface area contributed by atoms with Crippen LogP contribution in [0.25, 0.3) is 0 Å². The minimum absolute atomic E-state index is 0.700. The number of hydrogen-bond donors (Lipinski definition) is 1. The SMILES string of the molecule is Cc1cc(C)c(NCc2ccnc(C)n2)c(Br)c1. The Morgan fingerprint density at radius 1 is 1.22 bits per heavy atom. The number of nitrogens with one attached hydrogen (secondary N) is 1. The Hall–Kier alpha value is -1.42. The molecular weight excluding hydrogens is 290 g/mol. The van der Waals surface area contributed by atoms with Gasteiger partial charge in [-0.25, -0.2) is 9.97 Å². The van der Waals surface area contributed by atoms with Crippen LogP contribution >= 0.6 is 15.9 Å². The molecule has 0 amide bonds. The molecule has 1 aromatic heterocycles. The third-order valence-electron chi connectivity index (χ3n) is 2.71. The van der Waals surface area contributed by atoms with Crippen LogP contribution in [0, 0.1) is 20.8 Å². The number of hydrogen-bond acceptors (Lipinski definition) is 3. The van der Waals surface area contributed by atoms with Crippen LogP contribution in [-0.2, 0) is 6.54 Å². The molecule has 2 aromatic rings. The highest BCUT2D eigenvalue weighted by Gasteiger charge is 2.05. The van der Waals surface area contributed by atoms with Crippen molar-refractivity contribution in [2.45, 2.75) is 27.3 Å². The number of anilines is 1. The van der Waals surface area contributed by atoms with Gasteiger partial charge in [0.2, 0.25) is 0 Å². The van der Waals surface area contributed by atoms with E-state index in [1.807, 2.05) is 13.0 Å². The fourth-order valence-electron chi connectivity index (χ4n) is 1.92. The Kier molecular flexibility index (Phi) is 3.97. The van der Waals surface area contributed by atoms with Gasteiger partial charge in [-0.3, -0.25) is 0 Å². The average Bonchev–Trinajstić information content (AvgIpc) is 2.27. The van der Waals surface area contributed by atoms with Crippen molar-refractivity contribution in [2.24, 2.45) is 0 Å². The first kappa shape index (κ1) is 13.0. The van der Waals surface area contributed by atoms with Crippen molar-refractivity contribution in [3.63, 3.8) is 0 Å². The predicted octanol–water partition coefficient (Wildman–Crippen LogP) is 3.78. The fourth-order valence-corrected chi connectivity index (χ4v) is 2.74. The zero-order valence-corrected chi connectivity index (χ0v) is 12.4. The molecule has 1 aromatic carbocycles. The molecule has 18 heavy (non-hydrogen) atoms. The molecule has 0 spiro atoms. The zero-order chi connectivity index (χ0) is 13.1. The summed E-state index contributed by atoms with van der Waals surface area (Å²) in [5.74, 6) is 0.800. The van der Waals surface area contributed by atoms with Gasteiger partial charge in [-0.05, 0) is 60.0 Å². The molecule has 4 heteroatoms. The Bertz CT molecular complexity index is 544. The molecule has 0 saturated heterocycles. The number of halogens is 1. The summed E-state index contributed by atoms with van der Waals surface area (Å²) >= 11 is 3.59. The smallest absolute Gasteiger partial charge is 0.125 e. The Morgan fingerprint density at radius 2 is 2.00 bits per heavy atom. The molecule has 0 fully saturated rings. The van der Waals surface area contributed by atoms with E-state index < -0.39 is 0 Å². The van der Waals surface area contributed by atoms with Gasteiger partial charge in [-0.15, -0.1) is 0 Å². The molecule has 0 aliphatic rings. The fraction of sp³-hybridized carbons (Fsp3) is 0.286. The highest BCUT2D eigenvalue weighted by Crippen LogP contribution is 2.28. The molecule has 2 rings (SSSR count).